The van der Waals surface area contributed by atoms with Gasteiger partial charge in [-0.1, -0.05) is 0 Å². The second-order valence-corrected chi connectivity index (χ2v) is 6.30. The van der Waals surface area contributed by atoms with E-state index in [4.69, 9.17) is 18.9 Å². The largest absolute Gasteiger partial charge is 0.496 e. The van der Waals surface area contributed by atoms with Crippen LogP contribution in [0.15, 0.2) is 39.9 Å². The van der Waals surface area contributed by atoms with E-state index < -0.39 is 0 Å². The molecule has 0 radical (unpaired) electrons. The molecule has 0 saturated heterocycles. The maximum absolute atomic E-state index is 12.0. The standard InChI is InChI=1S/C18H18BrN3O5/c1-24-15-7-16(25-2)13(19)5-11(15)8-21-22-18(23)9-20-12-3-4-14-17(6-12)27-10-26-14/h3-8,20H,9-10H2,1-2H3,(H,22,23)/b21-8-. The van der Waals surface area contributed by atoms with Gasteiger partial charge in [-0.25, -0.2) is 5.43 Å². The first-order valence-corrected chi connectivity index (χ1v) is 8.77. The summed E-state index contributed by atoms with van der Waals surface area (Å²) in [6, 6.07) is 8.89. The van der Waals surface area contributed by atoms with E-state index in [2.05, 4.69) is 31.8 Å². The Morgan fingerprint density at radius 2 is 1.96 bits per heavy atom. The van der Waals surface area contributed by atoms with Crippen LogP contribution in [0.3, 0.4) is 0 Å². The van der Waals surface area contributed by atoms with Crippen molar-refractivity contribution in [2.75, 3.05) is 32.9 Å². The molecule has 1 aliphatic rings. The van der Waals surface area contributed by atoms with Gasteiger partial charge in [-0.15, -0.1) is 0 Å². The van der Waals surface area contributed by atoms with Crippen LogP contribution in [0.4, 0.5) is 5.69 Å². The molecule has 0 unspecified atom stereocenters. The van der Waals surface area contributed by atoms with Crippen LogP contribution in [-0.2, 0) is 4.79 Å². The van der Waals surface area contributed by atoms with E-state index in [1.807, 2.05) is 6.07 Å². The zero-order chi connectivity index (χ0) is 19.2. The third-order valence-corrected chi connectivity index (χ3v) is 4.34. The van der Waals surface area contributed by atoms with Gasteiger partial charge in [0.1, 0.15) is 11.5 Å². The lowest BCUT2D eigenvalue weighted by molar-refractivity contribution is -0.119. The maximum atomic E-state index is 12.0. The quantitative estimate of drug-likeness (QED) is 0.513. The first kappa shape index (κ1) is 18.8. The predicted molar refractivity (Wildman–Crippen MR) is 104 cm³/mol. The number of amides is 1. The molecule has 9 heteroatoms. The SMILES string of the molecule is COc1cc(OC)c(/C=N\NC(=O)CNc2ccc3c(c2)OCO3)cc1Br. The number of ether oxygens (including phenoxy) is 4. The van der Waals surface area contributed by atoms with Crippen LogP contribution < -0.4 is 29.7 Å². The van der Waals surface area contributed by atoms with Crippen LogP contribution in [-0.4, -0.2) is 39.7 Å². The topological polar surface area (TPSA) is 90.4 Å². The summed E-state index contributed by atoms with van der Waals surface area (Å²) in [6.07, 6.45) is 1.50. The van der Waals surface area contributed by atoms with Crippen LogP contribution in [0, 0.1) is 0 Å². The van der Waals surface area contributed by atoms with E-state index in [0.29, 0.717) is 28.6 Å². The molecule has 0 saturated carbocycles. The van der Waals surface area contributed by atoms with Crippen LogP contribution in [0.2, 0.25) is 0 Å². The summed E-state index contributed by atoms with van der Waals surface area (Å²) in [7, 11) is 3.12. The summed E-state index contributed by atoms with van der Waals surface area (Å²) in [5.41, 5.74) is 3.90. The zero-order valence-electron chi connectivity index (χ0n) is 14.7. The molecule has 2 N–H and O–H groups in total. The minimum absolute atomic E-state index is 0.0560. The van der Waals surface area contributed by atoms with E-state index >= 15 is 0 Å². The minimum Gasteiger partial charge on any atom is -0.496 e. The number of carbonyl (C=O) groups excluding carboxylic acids is 1. The van der Waals surface area contributed by atoms with E-state index in [1.165, 1.54) is 6.21 Å². The van der Waals surface area contributed by atoms with Crippen molar-refractivity contribution in [1.29, 1.82) is 0 Å². The van der Waals surface area contributed by atoms with Crippen molar-refractivity contribution in [2.24, 2.45) is 5.10 Å². The number of halogens is 1. The van der Waals surface area contributed by atoms with Gasteiger partial charge in [0.15, 0.2) is 11.5 Å². The van der Waals surface area contributed by atoms with Crippen molar-refractivity contribution in [1.82, 2.24) is 5.43 Å². The van der Waals surface area contributed by atoms with E-state index in [0.717, 1.165) is 10.2 Å². The van der Waals surface area contributed by atoms with Crippen molar-refractivity contribution in [3.05, 3.63) is 40.4 Å². The van der Waals surface area contributed by atoms with Crippen molar-refractivity contribution in [2.45, 2.75) is 0 Å². The number of fused-ring (bicyclic) bond motifs is 1. The minimum atomic E-state index is -0.296. The highest BCUT2D eigenvalue weighted by Crippen LogP contribution is 2.34. The molecule has 3 rings (SSSR count). The van der Waals surface area contributed by atoms with Crippen LogP contribution >= 0.6 is 15.9 Å². The number of nitrogens with zero attached hydrogens (tertiary/aromatic N) is 1. The fourth-order valence-electron chi connectivity index (χ4n) is 2.39. The second kappa shape index (κ2) is 8.63. The molecule has 142 valence electrons. The summed E-state index contributed by atoms with van der Waals surface area (Å²) in [4.78, 5) is 12.0. The number of nitrogens with one attached hydrogen (secondary N) is 2. The normalized spacial score (nSPS) is 12.1. The first-order chi connectivity index (χ1) is 13.1. The fraction of sp³-hybridized carbons (Fsp3) is 0.222. The van der Waals surface area contributed by atoms with Gasteiger partial charge in [-0.05, 0) is 34.1 Å². The number of rotatable bonds is 7. The van der Waals surface area contributed by atoms with Crippen molar-refractivity contribution in [3.63, 3.8) is 0 Å². The second-order valence-electron chi connectivity index (χ2n) is 5.44. The molecule has 0 spiro atoms. The van der Waals surface area contributed by atoms with Crippen LogP contribution in [0.5, 0.6) is 23.0 Å². The summed E-state index contributed by atoms with van der Waals surface area (Å²) >= 11 is 3.40. The summed E-state index contributed by atoms with van der Waals surface area (Å²) in [5.74, 6) is 2.26. The molecular weight excluding hydrogens is 418 g/mol. The van der Waals surface area contributed by atoms with E-state index in [-0.39, 0.29) is 19.2 Å². The number of methoxy groups -OCH3 is 2. The molecule has 1 aliphatic heterocycles. The molecule has 8 nitrogen and oxygen atoms in total. The lowest BCUT2D eigenvalue weighted by Crippen LogP contribution is -2.25. The highest BCUT2D eigenvalue weighted by Gasteiger charge is 2.13. The molecule has 1 amide bonds. The fourth-order valence-corrected chi connectivity index (χ4v) is 2.91. The lowest BCUT2D eigenvalue weighted by Gasteiger charge is -2.09. The highest BCUT2D eigenvalue weighted by atomic mass is 79.9. The van der Waals surface area contributed by atoms with Crippen molar-refractivity contribution in [3.8, 4) is 23.0 Å². The van der Waals surface area contributed by atoms with Gasteiger partial charge in [0.2, 0.25) is 6.79 Å². The molecule has 0 aliphatic carbocycles. The van der Waals surface area contributed by atoms with E-state index in [9.17, 15) is 4.79 Å². The number of benzene rings is 2. The molecule has 1 heterocycles. The first-order valence-electron chi connectivity index (χ1n) is 7.97. The average Bonchev–Trinajstić information content (AvgIpc) is 3.14. The molecule has 0 atom stereocenters. The number of carbonyl (C=O) groups is 1. The third-order valence-electron chi connectivity index (χ3n) is 3.72. The molecular formula is C18H18BrN3O5. The molecule has 2 aromatic rings. The van der Waals surface area contributed by atoms with Gasteiger partial charge < -0.3 is 24.3 Å². The van der Waals surface area contributed by atoms with E-state index in [1.54, 1.807) is 38.5 Å². The van der Waals surface area contributed by atoms with Gasteiger partial charge in [0.05, 0.1) is 31.5 Å². The van der Waals surface area contributed by atoms with Gasteiger partial charge >= 0.3 is 0 Å². The van der Waals surface area contributed by atoms with Gasteiger partial charge in [0.25, 0.3) is 5.91 Å². The number of hydrogen-bond acceptors (Lipinski definition) is 7. The van der Waals surface area contributed by atoms with Crippen LogP contribution in [0.25, 0.3) is 0 Å². The monoisotopic (exact) mass is 435 g/mol. The summed E-state index contributed by atoms with van der Waals surface area (Å²) in [6.45, 7) is 0.263. The maximum Gasteiger partial charge on any atom is 0.259 e. The molecule has 27 heavy (non-hydrogen) atoms. The summed E-state index contributed by atoms with van der Waals surface area (Å²) < 4.78 is 21.8. The smallest absolute Gasteiger partial charge is 0.259 e. The van der Waals surface area contributed by atoms with Crippen molar-refractivity contribution >= 4 is 33.7 Å². The Hall–Kier alpha value is -2.94. The third kappa shape index (κ3) is 4.62. The zero-order valence-corrected chi connectivity index (χ0v) is 16.3. The Morgan fingerprint density at radius 1 is 1.19 bits per heavy atom. The lowest BCUT2D eigenvalue weighted by atomic mass is 10.2. The predicted octanol–water partition coefficient (Wildman–Crippen LogP) is 2.76. The molecule has 0 fully saturated rings. The van der Waals surface area contributed by atoms with Gasteiger partial charge in [0, 0.05) is 23.4 Å². The number of hydrazone groups is 1. The number of hydrogen-bond donors (Lipinski definition) is 2. The highest BCUT2D eigenvalue weighted by molar-refractivity contribution is 9.10. The Bertz CT molecular complexity index is 872. The molecule has 0 aromatic heterocycles. The number of anilines is 1. The molecule has 0 bridgehead atoms. The average molecular weight is 436 g/mol. The Labute approximate surface area is 164 Å². The van der Waals surface area contributed by atoms with Crippen molar-refractivity contribution < 1.29 is 23.7 Å². The van der Waals surface area contributed by atoms with Crippen LogP contribution in [0.1, 0.15) is 5.56 Å². The molecule has 2 aromatic carbocycles. The Kier molecular flexibility index (Phi) is 6.02. The summed E-state index contributed by atoms with van der Waals surface area (Å²) in [5, 5.41) is 6.97. The Morgan fingerprint density at radius 3 is 2.74 bits per heavy atom. The van der Waals surface area contributed by atoms with Gasteiger partial charge in [-0.3, -0.25) is 4.79 Å². The Balaban J connectivity index is 1.55. The van der Waals surface area contributed by atoms with Gasteiger partial charge in [-0.2, -0.15) is 5.10 Å².